The Bertz CT molecular complexity index is 859. The van der Waals surface area contributed by atoms with Gasteiger partial charge in [0.15, 0.2) is 0 Å². The van der Waals surface area contributed by atoms with Gasteiger partial charge in [-0.2, -0.15) is 5.26 Å². The number of hydrogen-bond donors (Lipinski definition) is 0. The first-order chi connectivity index (χ1) is 13.6. The summed E-state index contributed by atoms with van der Waals surface area (Å²) in [6.45, 7) is 1.70. The number of amides is 1. The van der Waals surface area contributed by atoms with Gasteiger partial charge in [-0.15, -0.1) is 0 Å². The van der Waals surface area contributed by atoms with Crippen molar-refractivity contribution >= 4 is 5.91 Å². The van der Waals surface area contributed by atoms with Crippen LogP contribution in [0.15, 0.2) is 48.5 Å². The van der Waals surface area contributed by atoms with Crippen LogP contribution in [0.2, 0.25) is 0 Å². The number of nitrogens with zero attached hydrogens (tertiary/aromatic N) is 3. The summed E-state index contributed by atoms with van der Waals surface area (Å²) in [7, 11) is 0. The first kappa shape index (κ1) is 19.8. The summed E-state index contributed by atoms with van der Waals surface area (Å²) in [6.07, 6.45) is -2.36. The standard InChI is InChI=1S/C21H21F2N3O2/c22-20(23)14-25-8-10-26(11-9-25)21(27)16-6-3-7-19(12-16)28-15-18-5-2-1-4-17(18)13-24/h1-7,12,20H,8-11,14-15H2. The van der Waals surface area contributed by atoms with Crippen LogP contribution in [-0.2, 0) is 6.61 Å². The summed E-state index contributed by atoms with van der Waals surface area (Å²) in [5.41, 5.74) is 1.82. The van der Waals surface area contributed by atoms with Crippen molar-refractivity contribution in [1.82, 2.24) is 9.80 Å². The SMILES string of the molecule is N#Cc1ccccc1COc1cccc(C(=O)N2CCN(CC(F)F)CC2)c1. The van der Waals surface area contributed by atoms with Crippen molar-refractivity contribution in [3.05, 3.63) is 65.2 Å². The predicted octanol–water partition coefficient (Wildman–Crippen LogP) is 3.16. The van der Waals surface area contributed by atoms with Gasteiger partial charge in [-0.3, -0.25) is 9.69 Å². The fraction of sp³-hybridized carbons (Fsp3) is 0.333. The number of benzene rings is 2. The first-order valence-corrected chi connectivity index (χ1v) is 9.07. The number of piperazine rings is 1. The van der Waals surface area contributed by atoms with Crippen molar-refractivity contribution in [2.45, 2.75) is 13.0 Å². The molecule has 1 heterocycles. The number of rotatable bonds is 6. The molecule has 7 heteroatoms. The van der Waals surface area contributed by atoms with Gasteiger partial charge < -0.3 is 9.64 Å². The Morgan fingerprint density at radius 3 is 2.57 bits per heavy atom. The molecular formula is C21H21F2N3O2. The number of carbonyl (C=O) groups is 1. The Kier molecular flexibility index (Phi) is 6.56. The van der Waals surface area contributed by atoms with E-state index in [-0.39, 0.29) is 19.1 Å². The van der Waals surface area contributed by atoms with E-state index in [4.69, 9.17) is 10.00 Å². The molecule has 1 amide bonds. The summed E-state index contributed by atoms with van der Waals surface area (Å²) < 4.78 is 30.7. The van der Waals surface area contributed by atoms with E-state index >= 15 is 0 Å². The molecule has 28 heavy (non-hydrogen) atoms. The molecule has 0 aliphatic carbocycles. The number of carbonyl (C=O) groups excluding carboxylic acids is 1. The first-order valence-electron chi connectivity index (χ1n) is 9.07. The highest BCUT2D eigenvalue weighted by Crippen LogP contribution is 2.18. The third-order valence-corrected chi connectivity index (χ3v) is 4.67. The molecule has 3 rings (SSSR count). The van der Waals surface area contributed by atoms with E-state index in [1.807, 2.05) is 12.1 Å². The quantitative estimate of drug-likeness (QED) is 0.767. The lowest BCUT2D eigenvalue weighted by molar-refractivity contribution is 0.0458. The number of nitriles is 1. The van der Waals surface area contributed by atoms with Crippen molar-refractivity contribution in [2.24, 2.45) is 0 Å². The Morgan fingerprint density at radius 1 is 1.11 bits per heavy atom. The second kappa shape index (κ2) is 9.29. The molecule has 0 atom stereocenters. The summed E-state index contributed by atoms with van der Waals surface area (Å²) >= 11 is 0. The van der Waals surface area contributed by atoms with E-state index in [1.54, 1.807) is 46.2 Å². The maximum atomic E-state index is 12.7. The molecule has 1 saturated heterocycles. The smallest absolute Gasteiger partial charge is 0.254 e. The highest BCUT2D eigenvalue weighted by atomic mass is 19.3. The minimum atomic E-state index is -2.36. The predicted molar refractivity (Wildman–Crippen MR) is 100 cm³/mol. The molecule has 1 aliphatic heterocycles. The van der Waals surface area contributed by atoms with Crippen LogP contribution in [0.1, 0.15) is 21.5 Å². The minimum absolute atomic E-state index is 0.139. The highest BCUT2D eigenvalue weighted by Gasteiger charge is 2.23. The largest absolute Gasteiger partial charge is 0.489 e. The van der Waals surface area contributed by atoms with Crippen LogP contribution in [0.4, 0.5) is 8.78 Å². The molecule has 0 radical (unpaired) electrons. The fourth-order valence-corrected chi connectivity index (χ4v) is 3.15. The van der Waals surface area contributed by atoms with Crippen LogP contribution in [0, 0.1) is 11.3 Å². The van der Waals surface area contributed by atoms with Crippen LogP contribution >= 0.6 is 0 Å². The second-order valence-electron chi connectivity index (χ2n) is 6.57. The van der Waals surface area contributed by atoms with Crippen LogP contribution in [0.3, 0.4) is 0 Å². The average molecular weight is 385 g/mol. The van der Waals surface area contributed by atoms with E-state index in [0.717, 1.165) is 5.56 Å². The van der Waals surface area contributed by atoms with Gasteiger partial charge in [0, 0.05) is 37.3 Å². The maximum absolute atomic E-state index is 12.7. The van der Waals surface area contributed by atoms with E-state index in [0.29, 0.717) is 43.1 Å². The minimum Gasteiger partial charge on any atom is -0.489 e. The van der Waals surface area contributed by atoms with Gasteiger partial charge in [0.05, 0.1) is 18.2 Å². The molecule has 5 nitrogen and oxygen atoms in total. The van der Waals surface area contributed by atoms with E-state index in [1.165, 1.54) is 0 Å². The van der Waals surface area contributed by atoms with Crippen LogP contribution < -0.4 is 4.74 Å². The Hall–Kier alpha value is -2.98. The molecule has 1 fully saturated rings. The molecule has 0 saturated carbocycles. The zero-order valence-electron chi connectivity index (χ0n) is 15.4. The van der Waals surface area contributed by atoms with Crippen LogP contribution in [-0.4, -0.2) is 54.9 Å². The van der Waals surface area contributed by atoms with Gasteiger partial charge in [-0.25, -0.2) is 8.78 Å². The van der Waals surface area contributed by atoms with Crippen molar-refractivity contribution in [3.8, 4) is 11.8 Å². The zero-order chi connectivity index (χ0) is 19.9. The number of hydrogen-bond acceptors (Lipinski definition) is 4. The Labute approximate surface area is 162 Å². The lowest BCUT2D eigenvalue weighted by Crippen LogP contribution is -2.49. The van der Waals surface area contributed by atoms with Crippen molar-refractivity contribution in [3.63, 3.8) is 0 Å². The average Bonchev–Trinajstić information content (AvgIpc) is 2.72. The summed E-state index contributed by atoms with van der Waals surface area (Å²) in [6, 6.07) is 16.2. The van der Waals surface area contributed by atoms with Gasteiger partial charge in [0.1, 0.15) is 12.4 Å². The lowest BCUT2D eigenvalue weighted by atomic mass is 10.1. The molecule has 0 spiro atoms. The van der Waals surface area contributed by atoms with Gasteiger partial charge >= 0.3 is 0 Å². The maximum Gasteiger partial charge on any atom is 0.254 e. The number of halogens is 2. The van der Waals surface area contributed by atoms with Crippen LogP contribution in [0.25, 0.3) is 0 Å². The lowest BCUT2D eigenvalue weighted by Gasteiger charge is -2.34. The van der Waals surface area contributed by atoms with Gasteiger partial charge in [-0.05, 0) is 24.3 Å². The fourth-order valence-electron chi connectivity index (χ4n) is 3.15. The molecule has 1 aliphatic rings. The summed E-state index contributed by atoms with van der Waals surface area (Å²) in [4.78, 5) is 16.1. The second-order valence-corrected chi connectivity index (χ2v) is 6.57. The van der Waals surface area contributed by atoms with E-state index in [9.17, 15) is 13.6 Å². The normalized spacial score (nSPS) is 14.7. The highest BCUT2D eigenvalue weighted by molar-refractivity contribution is 5.94. The molecule has 0 aromatic heterocycles. The van der Waals surface area contributed by atoms with E-state index < -0.39 is 6.43 Å². The molecule has 2 aromatic rings. The third-order valence-electron chi connectivity index (χ3n) is 4.67. The Balaban J connectivity index is 1.60. The number of alkyl halides is 2. The van der Waals surface area contributed by atoms with Gasteiger partial charge in [-0.1, -0.05) is 24.3 Å². The van der Waals surface area contributed by atoms with Crippen molar-refractivity contribution in [2.75, 3.05) is 32.7 Å². The van der Waals surface area contributed by atoms with Crippen molar-refractivity contribution < 1.29 is 18.3 Å². The molecule has 0 bridgehead atoms. The summed E-state index contributed by atoms with van der Waals surface area (Å²) in [5.74, 6) is 0.398. The molecule has 0 unspecified atom stereocenters. The van der Waals surface area contributed by atoms with Gasteiger partial charge in [0.25, 0.3) is 12.3 Å². The molecule has 2 aromatic carbocycles. The van der Waals surface area contributed by atoms with E-state index in [2.05, 4.69) is 6.07 Å². The molecular weight excluding hydrogens is 364 g/mol. The molecule has 146 valence electrons. The third kappa shape index (κ3) is 5.05. The zero-order valence-corrected chi connectivity index (χ0v) is 15.4. The van der Waals surface area contributed by atoms with Crippen LogP contribution in [0.5, 0.6) is 5.75 Å². The number of ether oxygens (including phenoxy) is 1. The summed E-state index contributed by atoms with van der Waals surface area (Å²) in [5, 5.41) is 9.14. The van der Waals surface area contributed by atoms with Gasteiger partial charge in [0.2, 0.25) is 0 Å². The monoisotopic (exact) mass is 385 g/mol. The Morgan fingerprint density at radius 2 is 1.86 bits per heavy atom. The molecule has 0 N–H and O–H groups in total. The van der Waals surface area contributed by atoms with Crippen molar-refractivity contribution in [1.29, 1.82) is 5.26 Å². The topological polar surface area (TPSA) is 56.6 Å².